The third-order valence-electron chi connectivity index (χ3n) is 4.52. The van der Waals surface area contributed by atoms with Gasteiger partial charge in [-0.1, -0.05) is 29.8 Å². The maximum Gasteiger partial charge on any atom is 0.329 e. The van der Waals surface area contributed by atoms with Gasteiger partial charge in [0, 0.05) is 17.8 Å². The minimum Gasteiger partial charge on any atom is -0.480 e. The standard InChI is InChI=1S/C17H18ClN3O3/c1-17(16(23)24)7-4-8-21(17)15(22)13-9-19-20(11-13)10-12-5-2-3-6-14(12)18/h2-3,5-6,9,11H,4,7-8,10H2,1H3,(H,23,24). The highest BCUT2D eigenvalue weighted by Crippen LogP contribution is 2.30. The van der Waals surface area contributed by atoms with Gasteiger partial charge in [-0.05, 0) is 31.4 Å². The quantitative estimate of drug-likeness (QED) is 0.922. The Morgan fingerprint density at radius 1 is 1.38 bits per heavy atom. The van der Waals surface area contributed by atoms with Gasteiger partial charge in [0.15, 0.2) is 0 Å². The van der Waals surface area contributed by atoms with Crippen LogP contribution in [0.15, 0.2) is 36.7 Å². The van der Waals surface area contributed by atoms with Gasteiger partial charge >= 0.3 is 5.97 Å². The minimum atomic E-state index is -1.15. The Hall–Kier alpha value is -2.34. The highest BCUT2D eigenvalue weighted by atomic mass is 35.5. The van der Waals surface area contributed by atoms with E-state index in [0.29, 0.717) is 36.5 Å². The molecule has 1 atom stereocenters. The molecule has 2 aromatic rings. The summed E-state index contributed by atoms with van der Waals surface area (Å²) in [6.45, 7) is 2.48. The molecule has 1 saturated heterocycles. The number of carbonyl (C=O) groups excluding carboxylic acids is 1. The molecule has 126 valence electrons. The van der Waals surface area contributed by atoms with Crippen molar-refractivity contribution in [2.75, 3.05) is 6.54 Å². The molecule has 6 nitrogen and oxygen atoms in total. The van der Waals surface area contributed by atoms with Crippen LogP contribution < -0.4 is 0 Å². The largest absolute Gasteiger partial charge is 0.480 e. The minimum absolute atomic E-state index is 0.303. The Morgan fingerprint density at radius 3 is 2.83 bits per heavy atom. The third-order valence-corrected chi connectivity index (χ3v) is 4.89. The van der Waals surface area contributed by atoms with Crippen molar-refractivity contribution >= 4 is 23.5 Å². The van der Waals surface area contributed by atoms with Crippen LogP contribution in [-0.2, 0) is 11.3 Å². The van der Waals surface area contributed by atoms with Crippen LogP contribution in [0.25, 0.3) is 0 Å². The fourth-order valence-electron chi connectivity index (χ4n) is 3.03. The number of aliphatic carboxylic acids is 1. The van der Waals surface area contributed by atoms with Crippen molar-refractivity contribution < 1.29 is 14.7 Å². The predicted molar refractivity (Wildman–Crippen MR) is 89.1 cm³/mol. The van der Waals surface area contributed by atoms with Gasteiger partial charge in [-0.3, -0.25) is 9.48 Å². The van der Waals surface area contributed by atoms with Crippen molar-refractivity contribution in [1.29, 1.82) is 0 Å². The van der Waals surface area contributed by atoms with E-state index in [1.165, 1.54) is 11.1 Å². The van der Waals surface area contributed by atoms with Crippen LogP contribution in [0, 0.1) is 0 Å². The zero-order chi connectivity index (χ0) is 17.3. The number of halogens is 1. The van der Waals surface area contributed by atoms with E-state index in [2.05, 4.69) is 5.10 Å². The summed E-state index contributed by atoms with van der Waals surface area (Å²) in [5, 5.41) is 14.3. The molecular formula is C17H18ClN3O3. The molecule has 3 rings (SSSR count). The molecule has 0 radical (unpaired) electrons. The highest BCUT2D eigenvalue weighted by molar-refractivity contribution is 6.31. The number of hydrogen-bond acceptors (Lipinski definition) is 3. The van der Waals surface area contributed by atoms with Crippen molar-refractivity contribution in [3.05, 3.63) is 52.8 Å². The molecule has 1 amide bonds. The molecule has 7 heteroatoms. The number of carbonyl (C=O) groups is 2. The zero-order valence-electron chi connectivity index (χ0n) is 13.3. The van der Waals surface area contributed by atoms with Crippen molar-refractivity contribution in [2.45, 2.75) is 31.8 Å². The zero-order valence-corrected chi connectivity index (χ0v) is 14.0. The Balaban J connectivity index is 1.79. The van der Waals surface area contributed by atoms with E-state index in [-0.39, 0.29) is 5.91 Å². The molecule has 0 saturated carbocycles. The summed E-state index contributed by atoms with van der Waals surface area (Å²) in [6, 6.07) is 7.44. The van der Waals surface area contributed by atoms with Crippen molar-refractivity contribution in [3.8, 4) is 0 Å². The summed E-state index contributed by atoms with van der Waals surface area (Å²) < 4.78 is 1.63. The van der Waals surface area contributed by atoms with Gasteiger partial charge in [0.25, 0.3) is 5.91 Å². The van der Waals surface area contributed by atoms with E-state index in [9.17, 15) is 14.7 Å². The maximum atomic E-state index is 12.7. The van der Waals surface area contributed by atoms with Crippen LogP contribution in [0.3, 0.4) is 0 Å². The second-order valence-electron chi connectivity index (χ2n) is 6.16. The Morgan fingerprint density at radius 2 is 2.12 bits per heavy atom. The summed E-state index contributed by atoms with van der Waals surface area (Å²) in [6.07, 6.45) is 4.25. The molecule has 0 bridgehead atoms. The smallest absolute Gasteiger partial charge is 0.329 e. The fourth-order valence-corrected chi connectivity index (χ4v) is 3.22. The molecule has 0 spiro atoms. The van der Waals surface area contributed by atoms with Gasteiger partial charge in [-0.25, -0.2) is 4.79 Å². The predicted octanol–water partition coefficient (Wildman–Crippen LogP) is 2.66. The normalized spacial score (nSPS) is 20.3. The van der Waals surface area contributed by atoms with Crippen molar-refractivity contribution in [2.24, 2.45) is 0 Å². The molecule has 0 aliphatic carbocycles. The van der Waals surface area contributed by atoms with Gasteiger partial charge in [0.2, 0.25) is 0 Å². The topological polar surface area (TPSA) is 75.4 Å². The second kappa shape index (κ2) is 6.28. The molecule has 1 aromatic carbocycles. The molecule has 1 fully saturated rings. The van der Waals surface area contributed by atoms with E-state index in [0.717, 1.165) is 5.56 Å². The SMILES string of the molecule is CC1(C(=O)O)CCCN1C(=O)c1cnn(Cc2ccccc2Cl)c1. The number of carboxylic acids is 1. The second-order valence-corrected chi connectivity index (χ2v) is 6.56. The number of likely N-dealkylation sites (tertiary alicyclic amines) is 1. The molecule has 1 aliphatic rings. The first kappa shape index (κ1) is 16.5. The lowest BCUT2D eigenvalue weighted by molar-refractivity contribution is -0.147. The Labute approximate surface area is 144 Å². The third kappa shape index (κ3) is 2.89. The first-order valence-corrected chi connectivity index (χ1v) is 8.11. The number of aromatic nitrogens is 2. The molecule has 2 heterocycles. The summed E-state index contributed by atoms with van der Waals surface area (Å²) in [5.41, 5.74) is 0.135. The molecule has 1 aromatic heterocycles. The van der Waals surface area contributed by atoms with Gasteiger partial charge in [-0.15, -0.1) is 0 Å². The highest BCUT2D eigenvalue weighted by Gasteiger charge is 2.46. The van der Waals surface area contributed by atoms with E-state index in [1.54, 1.807) is 23.9 Å². The summed E-state index contributed by atoms with van der Waals surface area (Å²) >= 11 is 6.14. The van der Waals surface area contributed by atoms with Crippen LogP contribution in [-0.4, -0.2) is 43.7 Å². The monoisotopic (exact) mass is 347 g/mol. The average molecular weight is 348 g/mol. The molecule has 24 heavy (non-hydrogen) atoms. The van der Waals surface area contributed by atoms with Crippen LogP contribution in [0.4, 0.5) is 0 Å². The van der Waals surface area contributed by atoms with Gasteiger partial charge < -0.3 is 10.0 Å². The number of carboxylic acid groups (broad SMARTS) is 1. The average Bonchev–Trinajstić information content (AvgIpc) is 3.16. The molecule has 1 N–H and O–H groups in total. The fraction of sp³-hybridized carbons (Fsp3) is 0.353. The lowest BCUT2D eigenvalue weighted by atomic mass is 9.99. The first-order valence-electron chi connectivity index (χ1n) is 7.73. The Kier molecular flexibility index (Phi) is 4.32. The summed E-state index contributed by atoms with van der Waals surface area (Å²) in [4.78, 5) is 25.6. The van der Waals surface area contributed by atoms with Gasteiger partial charge in [0.05, 0.1) is 18.3 Å². The summed E-state index contributed by atoms with van der Waals surface area (Å²) in [5.74, 6) is -1.28. The number of benzene rings is 1. The van der Waals surface area contributed by atoms with E-state index < -0.39 is 11.5 Å². The van der Waals surface area contributed by atoms with Gasteiger partial charge in [0.1, 0.15) is 5.54 Å². The lowest BCUT2D eigenvalue weighted by Gasteiger charge is -2.30. The number of amides is 1. The van der Waals surface area contributed by atoms with Crippen LogP contribution >= 0.6 is 11.6 Å². The molecule has 1 unspecified atom stereocenters. The number of rotatable bonds is 4. The van der Waals surface area contributed by atoms with Crippen LogP contribution in [0.5, 0.6) is 0 Å². The van der Waals surface area contributed by atoms with Crippen LogP contribution in [0.1, 0.15) is 35.7 Å². The summed E-state index contributed by atoms with van der Waals surface area (Å²) in [7, 11) is 0. The van der Waals surface area contributed by atoms with Crippen molar-refractivity contribution in [1.82, 2.24) is 14.7 Å². The molecule has 1 aliphatic heterocycles. The van der Waals surface area contributed by atoms with Crippen LogP contribution in [0.2, 0.25) is 5.02 Å². The van der Waals surface area contributed by atoms with Crippen molar-refractivity contribution in [3.63, 3.8) is 0 Å². The number of nitrogens with zero attached hydrogens (tertiary/aromatic N) is 3. The maximum absolute atomic E-state index is 12.7. The molecular weight excluding hydrogens is 330 g/mol. The van der Waals surface area contributed by atoms with E-state index in [4.69, 9.17) is 11.6 Å². The Bertz CT molecular complexity index is 789. The first-order chi connectivity index (χ1) is 11.4. The lowest BCUT2D eigenvalue weighted by Crippen LogP contribution is -2.50. The number of hydrogen-bond donors (Lipinski definition) is 1. The van der Waals surface area contributed by atoms with Gasteiger partial charge in [-0.2, -0.15) is 5.10 Å². The van der Waals surface area contributed by atoms with E-state index in [1.807, 2.05) is 18.2 Å². The van der Waals surface area contributed by atoms with E-state index >= 15 is 0 Å².